The van der Waals surface area contributed by atoms with Gasteiger partial charge in [-0.25, -0.2) is 0 Å². The molecular formula is C17H20BrNO. The minimum Gasteiger partial charge on any atom is -0.496 e. The summed E-state index contributed by atoms with van der Waals surface area (Å²) < 4.78 is 6.21. The molecular weight excluding hydrogens is 314 g/mol. The molecule has 2 N–H and O–H groups in total. The van der Waals surface area contributed by atoms with Crippen LogP contribution in [0.5, 0.6) is 5.75 Å². The molecule has 0 saturated heterocycles. The molecule has 2 aromatic carbocycles. The number of aryl methyl sites for hydroxylation is 2. The number of nitrogens with two attached hydrogens (primary N) is 1. The van der Waals surface area contributed by atoms with E-state index < -0.39 is 0 Å². The molecule has 0 fully saturated rings. The Kier molecular flexibility index (Phi) is 4.84. The molecule has 3 heteroatoms. The van der Waals surface area contributed by atoms with E-state index in [1.807, 2.05) is 6.07 Å². The van der Waals surface area contributed by atoms with Crippen molar-refractivity contribution in [3.63, 3.8) is 0 Å². The maximum atomic E-state index is 6.35. The number of methoxy groups -OCH3 is 1. The first-order valence-corrected chi connectivity index (χ1v) is 7.45. The molecule has 0 radical (unpaired) electrons. The van der Waals surface area contributed by atoms with Gasteiger partial charge in [-0.05, 0) is 65.0 Å². The molecule has 0 aliphatic carbocycles. The Morgan fingerprint density at radius 1 is 1.15 bits per heavy atom. The Bertz CT molecular complexity index is 610. The summed E-state index contributed by atoms with van der Waals surface area (Å²) in [5.74, 6) is 0.842. The fourth-order valence-electron chi connectivity index (χ4n) is 2.44. The maximum Gasteiger partial charge on any atom is 0.133 e. The van der Waals surface area contributed by atoms with Gasteiger partial charge in [-0.3, -0.25) is 0 Å². The van der Waals surface area contributed by atoms with Crippen molar-refractivity contribution in [1.82, 2.24) is 0 Å². The van der Waals surface area contributed by atoms with Crippen molar-refractivity contribution < 1.29 is 4.74 Å². The van der Waals surface area contributed by atoms with Crippen LogP contribution in [0.25, 0.3) is 0 Å². The van der Waals surface area contributed by atoms with E-state index in [-0.39, 0.29) is 6.04 Å². The van der Waals surface area contributed by atoms with Crippen molar-refractivity contribution in [1.29, 1.82) is 0 Å². The summed E-state index contributed by atoms with van der Waals surface area (Å²) in [6, 6.07) is 12.5. The van der Waals surface area contributed by atoms with Crippen molar-refractivity contribution in [3.05, 3.63) is 63.1 Å². The summed E-state index contributed by atoms with van der Waals surface area (Å²) in [6.07, 6.45) is 0.812. The van der Waals surface area contributed by atoms with Crippen LogP contribution >= 0.6 is 15.9 Å². The molecule has 0 aliphatic rings. The normalized spacial score (nSPS) is 12.2. The van der Waals surface area contributed by atoms with E-state index in [2.05, 4.69) is 60.1 Å². The summed E-state index contributed by atoms with van der Waals surface area (Å²) in [7, 11) is 1.67. The fourth-order valence-corrected chi connectivity index (χ4v) is 3.03. The van der Waals surface area contributed by atoms with E-state index in [0.717, 1.165) is 16.6 Å². The second kappa shape index (κ2) is 6.42. The van der Waals surface area contributed by atoms with Crippen LogP contribution in [0.2, 0.25) is 0 Å². The molecule has 0 aliphatic heterocycles. The Balaban J connectivity index is 2.18. The van der Waals surface area contributed by atoms with E-state index in [9.17, 15) is 0 Å². The predicted molar refractivity (Wildman–Crippen MR) is 87.2 cm³/mol. The number of ether oxygens (including phenoxy) is 1. The minimum absolute atomic E-state index is 0.0101. The summed E-state index contributed by atoms with van der Waals surface area (Å²) in [6.45, 7) is 4.22. The third kappa shape index (κ3) is 3.41. The van der Waals surface area contributed by atoms with Gasteiger partial charge < -0.3 is 10.5 Å². The van der Waals surface area contributed by atoms with Crippen molar-refractivity contribution >= 4 is 15.9 Å². The van der Waals surface area contributed by atoms with Gasteiger partial charge in [0, 0.05) is 6.04 Å². The lowest BCUT2D eigenvalue weighted by Crippen LogP contribution is -2.14. The molecule has 106 valence electrons. The number of halogens is 1. The first-order valence-electron chi connectivity index (χ1n) is 6.66. The molecule has 0 heterocycles. The minimum atomic E-state index is 0.0101. The van der Waals surface area contributed by atoms with Gasteiger partial charge in [0.15, 0.2) is 0 Å². The molecule has 2 aromatic rings. The van der Waals surface area contributed by atoms with Crippen LogP contribution in [0, 0.1) is 13.8 Å². The SMILES string of the molecule is COc1ccc(CC(N)c2ccc(C)cc2C)cc1Br. The molecule has 0 saturated carbocycles. The molecule has 0 bridgehead atoms. The zero-order valence-corrected chi connectivity index (χ0v) is 13.7. The van der Waals surface area contributed by atoms with E-state index in [0.29, 0.717) is 0 Å². The lowest BCUT2D eigenvalue weighted by atomic mass is 9.95. The van der Waals surface area contributed by atoms with Crippen LogP contribution < -0.4 is 10.5 Å². The van der Waals surface area contributed by atoms with Crippen LogP contribution in [-0.2, 0) is 6.42 Å². The largest absolute Gasteiger partial charge is 0.496 e. The zero-order valence-electron chi connectivity index (χ0n) is 12.1. The highest BCUT2D eigenvalue weighted by Gasteiger charge is 2.11. The standard InChI is InChI=1S/C17H20BrNO/c1-11-4-6-14(12(2)8-11)16(19)10-13-5-7-17(20-3)15(18)9-13/h4-9,16H,10,19H2,1-3H3. The van der Waals surface area contributed by atoms with Gasteiger partial charge in [-0.1, -0.05) is 29.8 Å². The Hall–Kier alpha value is -1.32. The topological polar surface area (TPSA) is 35.2 Å². The van der Waals surface area contributed by atoms with Gasteiger partial charge in [0.05, 0.1) is 11.6 Å². The molecule has 0 amide bonds. The first kappa shape index (κ1) is 15.1. The van der Waals surface area contributed by atoms with Crippen LogP contribution in [0.1, 0.15) is 28.3 Å². The summed E-state index contributed by atoms with van der Waals surface area (Å²) >= 11 is 3.51. The Morgan fingerprint density at radius 3 is 2.50 bits per heavy atom. The van der Waals surface area contributed by atoms with Crippen LogP contribution in [-0.4, -0.2) is 7.11 Å². The number of rotatable bonds is 4. The van der Waals surface area contributed by atoms with Gasteiger partial charge in [-0.2, -0.15) is 0 Å². The second-order valence-corrected chi connectivity index (χ2v) is 5.99. The smallest absolute Gasteiger partial charge is 0.133 e. The van der Waals surface area contributed by atoms with E-state index in [1.54, 1.807) is 7.11 Å². The number of hydrogen-bond acceptors (Lipinski definition) is 2. The summed E-state index contributed by atoms with van der Waals surface area (Å²) in [5, 5.41) is 0. The highest BCUT2D eigenvalue weighted by molar-refractivity contribution is 9.10. The predicted octanol–water partition coefficient (Wildman–Crippen LogP) is 4.32. The van der Waals surface area contributed by atoms with Crippen molar-refractivity contribution in [2.45, 2.75) is 26.3 Å². The van der Waals surface area contributed by atoms with Crippen molar-refractivity contribution in [2.75, 3.05) is 7.11 Å². The molecule has 2 nitrogen and oxygen atoms in total. The lowest BCUT2D eigenvalue weighted by Gasteiger charge is -2.16. The monoisotopic (exact) mass is 333 g/mol. The third-order valence-corrected chi connectivity index (χ3v) is 4.12. The molecule has 0 aromatic heterocycles. The van der Waals surface area contributed by atoms with Crippen LogP contribution in [0.15, 0.2) is 40.9 Å². The quantitative estimate of drug-likeness (QED) is 0.904. The molecule has 2 rings (SSSR count). The van der Waals surface area contributed by atoms with Crippen LogP contribution in [0.3, 0.4) is 0 Å². The highest BCUT2D eigenvalue weighted by atomic mass is 79.9. The average Bonchev–Trinajstić information content (AvgIpc) is 2.38. The van der Waals surface area contributed by atoms with Gasteiger partial charge in [0.2, 0.25) is 0 Å². The van der Waals surface area contributed by atoms with Gasteiger partial charge in [0.1, 0.15) is 5.75 Å². The number of hydrogen-bond donors (Lipinski definition) is 1. The zero-order chi connectivity index (χ0) is 14.7. The first-order chi connectivity index (χ1) is 9.51. The molecule has 20 heavy (non-hydrogen) atoms. The van der Waals surface area contributed by atoms with Gasteiger partial charge in [-0.15, -0.1) is 0 Å². The fraction of sp³-hybridized carbons (Fsp3) is 0.294. The average molecular weight is 334 g/mol. The Labute approximate surface area is 129 Å². The van der Waals surface area contributed by atoms with E-state index in [1.165, 1.54) is 22.3 Å². The van der Waals surface area contributed by atoms with Gasteiger partial charge in [0.25, 0.3) is 0 Å². The van der Waals surface area contributed by atoms with Crippen molar-refractivity contribution in [3.8, 4) is 5.75 Å². The highest BCUT2D eigenvalue weighted by Crippen LogP contribution is 2.28. The second-order valence-electron chi connectivity index (χ2n) is 5.14. The lowest BCUT2D eigenvalue weighted by molar-refractivity contribution is 0.412. The third-order valence-electron chi connectivity index (χ3n) is 3.50. The van der Waals surface area contributed by atoms with E-state index >= 15 is 0 Å². The number of benzene rings is 2. The van der Waals surface area contributed by atoms with Crippen molar-refractivity contribution in [2.24, 2.45) is 5.73 Å². The van der Waals surface area contributed by atoms with E-state index in [4.69, 9.17) is 10.5 Å². The van der Waals surface area contributed by atoms with Gasteiger partial charge >= 0.3 is 0 Å². The van der Waals surface area contributed by atoms with Crippen LogP contribution in [0.4, 0.5) is 0 Å². The molecule has 0 spiro atoms. The molecule has 1 unspecified atom stereocenters. The summed E-state index contributed by atoms with van der Waals surface area (Å²) in [4.78, 5) is 0. The Morgan fingerprint density at radius 2 is 1.90 bits per heavy atom. The molecule has 1 atom stereocenters. The maximum absolute atomic E-state index is 6.35. The summed E-state index contributed by atoms with van der Waals surface area (Å²) in [5.41, 5.74) is 11.3.